The number of hydrogen-bond donors (Lipinski definition) is 1. The molecular formula is C13H19BrClN. The number of hydrogen-bond acceptors (Lipinski definition) is 1. The molecule has 1 nitrogen and oxygen atoms in total. The molecule has 0 radical (unpaired) electrons. The molecule has 3 heteroatoms. The maximum atomic E-state index is 6.05. The van der Waals surface area contributed by atoms with Crippen LogP contribution in [0, 0.1) is 5.92 Å². The lowest BCUT2D eigenvalue weighted by Crippen LogP contribution is -2.22. The SMILES string of the molecule is CCNC(CC(C)C)c1cc(Cl)ccc1Br. The quantitative estimate of drug-likeness (QED) is 0.824. The van der Waals surface area contributed by atoms with Gasteiger partial charge in [0.2, 0.25) is 0 Å². The van der Waals surface area contributed by atoms with Crippen molar-refractivity contribution in [1.29, 1.82) is 0 Å². The molecule has 0 aliphatic heterocycles. The van der Waals surface area contributed by atoms with E-state index in [0.717, 1.165) is 22.5 Å². The van der Waals surface area contributed by atoms with E-state index < -0.39 is 0 Å². The molecule has 0 saturated carbocycles. The molecule has 0 spiro atoms. The summed E-state index contributed by atoms with van der Waals surface area (Å²) in [6.07, 6.45) is 1.12. The zero-order chi connectivity index (χ0) is 12.1. The van der Waals surface area contributed by atoms with Gasteiger partial charge in [-0.15, -0.1) is 0 Å². The molecule has 0 aliphatic carbocycles. The molecule has 0 bridgehead atoms. The summed E-state index contributed by atoms with van der Waals surface area (Å²) < 4.78 is 1.13. The number of benzene rings is 1. The first-order chi connectivity index (χ1) is 7.54. The highest BCUT2D eigenvalue weighted by atomic mass is 79.9. The van der Waals surface area contributed by atoms with Crippen LogP contribution in [0.4, 0.5) is 0 Å². The van der Waals surface area contributed by atoms with E-state index in [1.165, 1.54) is 5.56 Å². The highest BCUT2D eigenvalue weighted by molar-refractivity contribution is 9.10. The van der Waals surface area contributed by atoms with Crippen LogP contribution in [-0.4, -0.2) is 6.54 Å². The van der Waals surface area contributed by atoms with E-state index >= 15 is 0 Å². The maximum Gasteiger partial charge on any atom is 0.0410 e. The van der Waals surface area contributed by atoms with Gasteiger partial charge in [0.1, 0.15) is 0 Å². The molecule has 0 saturated heterocycles. The third-order valence-corrected chi connectivity index (χ3v) is 3.45. The fraction of sp³-hybridized carbons (Fsp3) is 0.538. The van der Waals surface area contributed by atoms with E-state index in [1.807, 2.05) is 18.2 Å². The van der Waals surface area contributed by atoms with E-state index in [4.69, 9.17) is 11.6 Å². The predicted molar refractivity (Wildman–Crippen MR) is 75.0 cm³/mol. The Kier molecular flexibility index (Phi) is 5.81. The first-order valence-electron chi connectivity index (χ1n) is 5.73. The largest absolute Gasteiger partial charge is 0.310 e. The molecule has 1 aromatic rings. The summed E-state index contributed by atoms with van der Waals surface area (Å²) in [5, 5.41) is 4.31. The van der Waals surface area contributed by atoms with Crippen LogP contribution in [0.1, 0.15) is 38.8 Å². The average Bonchev–Trinajstić information content (AvgIpc) is 2.20. The molecule has 1 N–H and O–H groups in total. The second-order valence-electron chi connectivity index (χ2n) is 4.41. The molecule has 90 valence electrons. The van der Waals surface area contributed by atoms with Crippen molar-refractivity contribution in [2.75, 3.05) is 6.54 Å². The Bertz CT molecular complexity index is 339. The summed E-state index contributed by atoms with van der Waals surface area (Å²) in [4.78, 5) is 0. The standard InChI is InChI=1S/C13H19BrClN/c1-4-16-13(7-9(2)3)11-8-10(15)5-6-12(11)14/h5-6,8-9,13,16H,4,7H2,1-3H3. The minimum Gasteiger partial charge on any atom is -0.310 e. The van der Waals surface area contributed by atoms with Crippen LogP contribution in [0.3, 0.4) is 0 Å². The van der Waals surface area contributed by atoms with Crippen LogP contribution in [-0.2, 0) is 0 Å². The van der Waals surface area contributed by atoms with Crippen molar-refractivity contribution in [1.82, 2.24) is 5.32 Å². The van der Waals surface area contributed by atoms with Crippen molar-refractivity contribution in [3.05, 3.63) is 33.3 Å². The second kappa shape index (κ2) is 6.63. The van der Waals surface area contributed by atoms with Gasteiger partial charge in [-0.1, -0.05) is 48.3 Å². The van der Waals surface area contributed by atoms with Gasteiger partial charge >= 0.3 is 0 Å². The fourth-order valence-electron chi connectivity index (χ4n) is 1.82. The summed E-state index contributed by atoms with van der Waals surface area (Å²) in [5.41, 5.74) is 1.25. The minimum absolute atomic E-state index is 0.373. The summed E-state index contributed by atoms with van der Waals surface area (Å²) >= 11 is 9.64. The lowest BCUT2D eigenvalue weighted by atomic mass is 9.97. The normalized spacial score (nSPS) is 13.1. The van der Waals surface area contributed by atoms with Crippen LogP contribution in [0.15, 0.2) is 22.7 Å². The summed E-state index contributed by atoms with van der Waals surface area (Å²) in [5.74, 6) is 0.662. The Hall–Kier alpha value is -0.0500. The van der Waals surface area contributed by atoms with Crippen molar-refractivity contribution in [3.8, 4) is 0 Å². The van der Waals surface area contributed by atoms with E-state index in [0.29, 0.717) is 12.0 Å². The molecule has 1 unspecified atom stereocenters. The molecule has 0 aliphatic rings. The molecule has 0 amide bonds. The van der Waals surface area contributed by atoms with Gasteiger partial charge < -0.3 is 5.32 Å². The van der Waals surface area contributed by atoms with Crippen LogP contribution >= 0.6 is 27.5 Å². The molecule has 0 fully saturated rings. The number of nitrogens with one attached hydrogen (secondary N) is 1. The monoisotopic (exact) mass is 303 g/mol. The molecular weight excluding hydrogens is 286 g/mol. The van der Waals surface area contributed by atoms with Crippen molar-refractivity contribution < 1.29 is 0 Å². The van der Waals surface area contributed by atoms with Crippen LogP contribution in [0.5, 0.6) is 0 Å². The van der Waals surface area contributed by atoms with Gasteiger partial charge in [-0.25, -0.2) is 0 Å². The van der Waals surface area contributed by atoms with Crippen molar-refractivity contribution in [3.63, 3.8) is 0 Å². The van der Waals surface area contributed by atoms with Gasteiger partial charge in [-0.05, 0) is 42.6 Å². The maximum absolute atomic E-state index is 6.05. The predicted octanol–water partition coefficient (Wildman–Crippen LogP) is 4.80. The first-order valence-corrected chi connectivity index (χ1v) is 6.90. The zero-order valence-corrected chi connectivity index (χ0v) is 12.4. The van der Waals surface area contributed by atoms with E-state index in [-0.39, 0.29) is 0 Å². The second-order valence-corrected chi connectivity index (χ2v) is 5.70. The molecule has 0 heterocycles. The third-order valence-electron chi connectivity index (χ3n) is 2.49. The number of rotatable bonds is 5. The van der Waals surface area contributed by atoms with Crippen LogP contribution < -0.4 is 5.32 Å². The smallest absolute Gasteiger partial charge is 0.0410 e. The van der Waals surface area contributed by atoms with Gasteiger partial charge in [-0.3, -0.25) is 0 Å². The molecule has 16 heavy (non-hydrogen) atoms. The number of halogens is 2. The molecule has 0 aromatic heterocycles. The van der Waals surface area contributed by atoms with Crippen LogP contribution in [0.25, 0.3) is 0 Å². The third kappa shape index (κ3) is 4.08. The summed E-state index contributed by atoms with van der Waals surface area (Å²) in [6.45, 7) is 7.58. The average molecular weight is 305 g/mol. The topological polar surface area (TPSA) is 12.0 Å². The Morgan fingerprint density at radius 3 is 2.62 bits per heavy atom. The van der Waals surface area contributed by atoms with Gasteiger partial charge in [-0.2, -0.15) is 0 Å². The zero-order valence-electron chi connectivity index (χ0n) is 10.1. The highest BCUT2D eigenvalue weighted by Crippen LogP contribution is 2.30. The van der Waals surface area contributed by atoms with Gasteiger partial charge in [0.15, 0.2) is 0 Å². The van der Waals surface area contributed by atoms with Gasteiger partial charge in [0.05, 0.1) is 0 Å². The highest BCUT2D eigenvalue weighted by Gasteiger charge is 2.15. The van der Waals surface area contributed by atoms with Gasteiger partial charge in [0, 0.05) is 15.5 Å². The van der Waals surface area contributed by atoms with E-state index in [1.54, 1.807) is 0 Å². The Balaban J connectivity index is 2.94. The lowest BCUT2D eigenvalue weighted by Gasteiger charge is -2.21. The van der Waals surface area contributed by atoms with Crippen molar-refractivity contribution in [2.45, 2.75) is 33.2 Å². The molecule has 1 rings (SSSR count). The van der Waals surface area contributed by atoms with Crippen LogP contribution in [0.2, 0.25) is 5.02 Å². The van der Waals surface area contributed by atoms with Crippen molar-refractivity contribution >= 4 is 27.5 Å². The Labute approximate surface area is 112 Å². The molecule has 1 aromatic carbocycles. The molecule has 1 atom stereocenters. The lowest BCUT2D eigenvalue weighted by molar-refractivity contribution is 0.437. The summed E-state index contributed by atoms with van der Waals surface area (Å²) in [7, 11) is 0. The van der Waals surface area contributed by atoms with Crippen molar-refractivity contribution in [2.24, 2.45) is 5.92 Å². The minimum atomic E-state index is 0.373. The summed E-state index contributed by atoms with van der Waals surface area (Å²) in [6, 6.07) is 6.34. The van der Waals surface area contributed by atoms with Gasteiger partial charge in [0.25, 0.3) is 0 Å². The van der Waals surface area contributed by atoms with E-state index in [9.17, 15) is 0 Å². The van der Waals surface area contributed by atoms with E-state index in [2.05, 4.69) is 42.0 Å². The first kappa shape index (κ1) is 14.0. The fourth-order valence-corrected chi connectivity index (χ4v) is 2.52. The Morgan fingerprint density at radius 2 is 2.06 bits per heavy atom. The Morgan fingerprint density at radius 1 is 1.38 bits per heavy atom.